The van der Waals surface area contributed by atoms with Crippen molar-refractivity contribution in [1.29, 1.82) is 0 Å². The minimum atomic E-state index is -0.426. The Morgan fingerprint density at radius 3 is 2.45 bits per heavy atom. The van der Waals surface area contributed by atoms with Gasteiger partial charge < -0.3 is 4.74 Å². The predicted molar refractivity (Wildman–Crippen MR) is 83.7 cm³/mol. The van der Waals surface area contributed by atoms with Crippen LogP contribution in [-0.4, -0.2) is 18.4 Å². The molecule has 114 valence electrons. The molecule has 0 aliphatic carbocycles. The van der Waals surface area contributed by atoms with Gasteiger partial charge in [-0.05, 0) is 38.1 Å². The van der Waals surface area contributed by atoms with Gasteiger partial charge in [0.1, 0.15) is 5.75 Å². The summed E-state index contributed by atoms with van der Waals surface area (Å²) in [6.07, 6.45) is 0. The van der Waals surface area contributed by atoms with Crippen molar-refractivity contribution in [3.05, 3.63) is 65.2 Å². The zero-order chi connectivity index (χ0) is 15.9. The van der Waals surface area contributed by atoms with Crippen LogP contribution >= 0.6 is 0 Å². The molecule has 0 fully saturated rings. The molecule has 5 heteroatoms. The number of hydrazine groups is 1. The summed E-state index contributed by atoms with van der Waals surface area (Å²) < 4.78 is 5.39. The molecule has 0 spiro atoms. The van der Waals surface area contributed by atoms with Crippen LogP contribution in [0.25, 0.3) is 0 Å². The van der Waals surface area contributed by atoms with Crippen LogP contribution in [0.1, 0.15) is 33.2 Å². The largest absolute Gasteiger partial charge is 0.493 e. The van der Waals surface area contributed by atoms with Gasteiger partial charge in [0, 0.05) is 5.56 Å². The van der Waals surface area contributed by atoms with Crippen molar-refractivity contribution in [2.45, 2.75) is 13.8 Å². The fraction of sp³-hybridized carbons (Fsp3) is 0.176. The number of rotatable bonds is 4. The summed E-state index contributed by atoms with van der Waals surface area (Å²) in [4.78, 5) is 24.1. The summed E-state index contributed by atoms with van der Waals surface area (Å²) in [5.74, 6) is -0.316. The zero-order valence-corrected chi connectivity index (χ0v) is 12.6. The molecular weight excluding hydrogens is 280 g/mol. The first-order chi connectivity index (χ1) is 10.6. The van der Waals surface area contributed by atoms with Crippen LogP contribution in [0, 0.1) is 6.92 Å². The summed E-state index contributed by atoms with van der Waals surface area (Å²) in [5, 5.41) is 0. The van der Waals surface area contributed by atoms with Gasteiger partial charge in [-0.2, -0.15) is 0 Å². The van der Waals surface area contributed by atoms with Crippen molar-refractivity contribution in [2.75, 3.05) is 6.61 Å². The number of amides is 2. The molecule has 0 aliphatic rings. The third-order valence-corrected chi connectivity index (χ3v) is 3.00. The summed E-state index contributed by atoms with van der Waals surface area (Å²) >= 11 is 0. The van der Waals surface area contributed by atoms with Crippen LogP contribution in [0.5, 0.6) is 5.75 Å². The SMILES string of the molecule is CCOc1ccccc1C(=O)NNC(=O)c1cccc(C)c1. The van der Waals surface area contributed by atoms with Crippen LogP contribution in [-0.2, 0) is 0 Å². The highest BCUT2D eigenvalue weighted by Gasteiger charge is 2.13. The van der Waals surface area contributed by atoms with E-state index in [4.69, 9.17) is 4.74 Å². The first-order valence-electron chi connectivity index (χ1n) is 7.01. The standard InChI is InChI=1S/C17H18N2O3/c1-3-22-15-10-5-4-9-14(15)17(21)19-18-16(20)13-8-6-7-12(2)11-13/h4-11H,3H2,1-2H3,(H,18,20)(H,19,21). The van der Waals surface area contributed by atoms with E-state index in [9.17, 15) is 9.59 Å². The van der Waals surface area contributed by atoms with Gasteiger partial charge in [0.05, 0.1) is 12.2 Å². The quantitative estimate of drug-likeness (QED) is 0.852. The Balaban J connectivity index is 2.02. The number of nitrogens with one attached hydrogen (secondary N) is 2. The Bertz CT molecular complexity index is 683. The van der Waals surface area contributed by atoms with Crippen molar-refractivity contribution >= 4 is 11.8 Å². The molecular formula is C17H18N2O3. The molecule has 0 saturated carbocycles. The van der Waals surface area contributed by atoms with Crippen LogP contribution in [0.2, 0.25) is 0 Å². The van der Waals surface area contributed by atoms with Gasteiger partial charge in [-0.15, -0.1) is 0 Å². The predicted octanol–water partition coefficient (Wildman–Crippen LogP) is 2.47. The lowest BCUT2D eigenvalue weighted by Crippen LogP contribution is -2.41. The highest BCUT2D eigenvalue weighted by molar-refractivity contribution is 6.00. The molecule has 0 atom stereocenters. The van der Waals surface area contributed by atoms with Gasteiger partial charge in [-0.3, -0.25) is 20.4 Å². The topological polar surface area (TPSA) is 67.4 Å². The lowest BCUT2D eigenvalue weighted by molar-refractivity contribution is 0.0844. The van der Waals surface area contributed by atoms with Crippen LogP contribution < -0.4 is 15.6 Å². The number of hydrogen-bond acceptors (Lipinski definition) is 3. The van der Waals surface area contributed by atoms with Gasteiger partial charge in [-0.25, -0.2) is 0 Å². The van der Waals surface area contributed by atoms with E-state index >= 15 is 0 Å². The number of benzene rings is 2. The van der Waals surface area contributed by atoms with Crippen LogP contribution in [0.15, 0.2) is 48.5 Å². The molecule has 2 aromatic carbocycles. The summed E-state index contributed by atoms with van der Waals surface area (Å²) in [5.41, 5.74) is 6.62. The number of carbonyl (C=O) groups excluding carboxylic acids is 2. The molecule has 0 bridgehead atoms. The fourth-order valence-electron chi connectivity index (χ4n) is 1.97. The normalized spacial score (nSPS) is 9.91. The Labute approximate surface area is 129 Å². The zero-order valence-electron chi connectivity index (χ0n) is 12.6. The second kappa shape index (κ2) is 7.26. The van der Waals surface area contributed by atoms with Crippen molar-refractivity contribution in [1.82, 2.24) is 10.9 Å². The number of para-hydroxylation sites is 1. The van der Waals surface area contributed by atoms with Gasteiger partial charge in [0.25, 0.3) is 11.8 Å². The van der Waals surface area contributed by atoms with Crippen LogP contribution in [0.3, 0.4) is 0 Å². The van der Waals surface area contributed by atoms with Gasteiger partial charge in [-0.1, -0.05) is 29.8 Å². The Morgan fingerprint density at radius 2 is 1.73 bits per heavy atom. The smallest absolute Gasteiger partial charge is 0.273 e. The summed E-state index contributed by atoms with van der Waals surface area (Å²) in [6, 6.07) is 14.0. The second-order valence-electron chi connectivity index (χ2n) is 4.71. The molecule has 2 amide bonds. The average molecular weight is 298 g/mol. The summed E-state index contributed by atoms with van der Waals surface area (Å²) in [7, 11) is 0. The number of carbonyl (C=O) groups is 2. The first-order valence-corrected chi connectivity index (χ1v) is 7.01. The van der Waals surface area contributed by atoms with Gasteiger partial charge >= 0.3 is 0 Å². The van der Waals surface area contributed by atoms with E-state index < -0.39 is 5.91 Å². The number of ether oxygens (including phenoxy) is 1. The van der Waals surface area contributed by atoms with Crippen molar-refractivity contribution < 1.29 is 14.3 Å². The average Bonchev–Trinajstić information content (AvgIpc) is 2.53. The minimum absolute atomic E-state index is 0.369. The number of hydrogen-bond donors (Lipinski definition) is 2. The van der Waals surface area contributed by atoms with E-state index in [1.807, 2.05) is 19.9 Å². The van der Waals surface area contributed by atoms with E-state index in [0.29, 0.717) is 23.5 Å². The lowest BCUT2D eigenvalue weighted by atomic mass is 10.1. The maximum absolute atomic E-state index is 12.1. The van der Waals surface area contributed by atoms with Crippen LogP contribution in [0.4, 0.5) is 0 Å². The fourth-order valence-corrected chi connectivity index (χ4v) is 1.97. The lowest BCUT2D eigenvalue weighted by Gasteiger charge is -2.11. The van der Waals surface area contributed by atoms with E-state index in [-0.39, 0.29) is 5.91 Å². The summed E-state index contributed by atoms with van der Waals surface area (Å²) in [6.45, 7) is 4.20. The molecule has 2 rings (SSSR count). The molecule has 2 aromatic rings. The maximum Gasteiger partial charge on any atom is 0.273 e. The highest BCUT2D eigenvalue weighted by atomic mass is 16.5. The second-order valence-corrected chi connectivity index (χ2v) is 4.71. The Kier molecular flexibility index (Phi) is 5.14. The molecule has 2 N–H and O–H groups in total. The van der Waals surface area contributed by atoms with E-state index in [1.165, 1.54) is 0 Å². The Morgan fingerprint density at radius 1 is 1.00 bits per heavy atom. The van der Waals surface area contributed by atoms with Gasteiger partial charge in [0.2, 0.25) is 0 Å². The molecule has 0 heterocycles. The maximum atomic E-state index is 12.1. The molecule has 22 heavy (non-hydrogen) atoms. The molecule has 0 aliphatic heterocycles. The Hall–Kier alpha value is -2.82. The highest BCUT2D eigenvalue weighted by Crippen LogP contribution is 2.17. The van der Waals surface area contributed by atoms with Gasteiger partial charge in [0.15, 0.2) is 0 Å². The molecule has 0 unspecified atom stereocenters. The molecule has 5 nitrogen and oxygen atoms in total. The third kappa shape index (κ3) is 3.85. The monoisotopic (exact) mass is 298 g/mol. The van der Waals surface area contributed by atoms with Crippen molar-refractivity contribution in [2.24, 2.45) is 0 Å². The molecule has 0 radical (unpaired) electrons. The third-order valence-electron chi connectivity index (χ3n) is 3.00. The van der Waals surface area contributed by atoms with E-state index in [1.54, 1.807) is 42.5 Å². The van der Waals surface area contributed by atoms with Crippen molar-refractivity contribution in [3.63, 3.8) is 0 Å². The van der Waals surface area contributed by atoms with Crippen molar-refractivity contribution in [3.8, 4) is 5.75 Å². The molecule has 0 saturated heterocycles. The first kappa shape index (κ1) is 15.6. The van der Waals surface area contributed by atoms with E-state index in [0.717, 1.165) is 5.56 Å². The number of aryl methyl sites for hydroxylation is 1. The van der Waals surface area contributed by atoms with E-state index in [2.05, 4.69) is 10.9 Å². The minimum Gasteiger partial charge on any atom is -0.493 e. The molecule has 0 aromatic heterocycles.